The molecular weight excluding hydrogens is 276 g/mol. The van der Waals surface area contributed by atoms with Crippen LogP contribution in [0.3, 0.4) is 0 Å². The maximum Gasteiger partial charge on any atom is 0.303 e. The molecule has 0 aliphatic carbocycles. The lowest BCUT2D eigenvalue weighted by Crippen LogP contribution is -2.08. The molecule has 130 valence electrons. The number of unbranched alkanes of at least 4 members (excludes halogenated alkanes) is 8. The van der Waals surface area contributed by atoms with Gasteiger partial charge in [-0.3, -0.25) is 4.79 Å². The summed E-state index contributed by atoms with van der Waals surface area (Å²) in [5.74, 6) is -0.676. The third kappa shape index (κ3) is 15.6. The highest BCUT2D eigenvalue weighted by Gasteiger charge is 2.04. The van der Waals surface area contributed by atoms with Gasteiger partial charge in [0.05, 0.1) is 6.10 Å². The van der Waals surface area contributed by atoms with Gasteiger partial charge in [0.15, 0.2) is 0 Å². The van der Waals surface area contributed by atoms with Crippen LogP contribution in [0.2, 0.25) is 0 Å². The summed E-state index contributed by atoms with van der Waals surface area (Å²) in [4.78, 5) is 10.4. The van der Waals surface area contributed by atoms with Crippen LogP contribution in [-0.4, -0.2) is 24.3 Å². The van der Waals surface area contributed by atoms with Gasteiger partial charge in [0.1, 0.15) is 0 Å². The number of carboxylic acids is 1. The van der Waals surface area contributed by atoms with Crippen molar-refractivity contribution in [3.63, 3.8) is 0 Å². The molecule has 0 fully saturated rings. The fourth-order valence-electron chi connectivity index (χ4n) is 2.57. The Bertz CT molecular complexity index is 274. The average molecular weight is 312 g/mol. The van der Waals surface area contributed by atoms with Crippen LogP contribution in [0, 0.1) is 0 Å². The zero-order valence-electron chi connectivity index (χ0n) is 14.7. The normalized spacial score (nSPS) is 12.8. The summed E-state index contributed by atoms with van der Waals surface area (Å²) >= 11 is 0. The first kappa shape index (κ1) is 21.2. The van der Waals surface area contributed by atoms with Gasteiger partial charge in [-0.1, -0.05) is 64.0 Å². The molecule has 0 amide bonds. The van der Waals surface area contributed by atoms with E-state index in [1.807, 2.05) is 7.11 Å². The van der Waals surface area contributed by atoms with E-state index in [2.05, 4.69) is 19.1 Å². The fraction of sp³-hybridized carbons (Fsp3) is 0.842. The summed E-state index contributed by atoms with van der Waals surface area (Å²) in [7, 11) is 1.81. The van der Waals surface area contributed by atoms with Crippen LogP contribution in [0.15, 0.2) is 12.2 Å². The lowest BCUT2D eigenvalue weighted by atomic mass is 10.1. The Morgan fingerprint density at radius 3 is 2.36 bits per heavy atom. The van der Waals surface area contributed by atoms with Gasteiger partial charge in [0.25, 0.3) is 0 Å². The van der Waals surface area contributed by atoms with Gasteiger partial charge in [-0.15, -0.1) is 0 Å². The molecule has 1 N–H and O–H groups in total. The minimum atomic E-state index is -0.676. The van der Waals surface area contributed by atoms with E-state index in [-0.39, 0.29) is 0 Å². The Labute approximate surface area is 137 Å². The molecule has 0 aromatic carbocycles. The summed E-state index contributed by atoms with van der Waals surface area (Å²) < 4.78 is 5.52. The Kier molecular flexibility index (Phi) is 15.9. The quantitative estimate of drug-likeness (QED) is 0.292. The van der Waals surface area contributed by atoms with Crippen molar-refractivity contribution >= 4 is 5.97 Å². The number of hydrogen-bond acceptors (Lipinski definition) is 2. The van der Waals surface area contributed by atoms with Crippen molar-refractivity contribution in [1.29, 1.82) is 0 Å². The molecule has 0 bridgehead atoms. The van der Waals surface area contributed by atoms with Crippen molar-refractivity contribution in [2.75, 3.05) is 7.11 Å². The fourth-order valence-corrected chi connectivity index (χ4v) is 2.57. The van der Waals surface area contributed by atoms with Crippen LogP contribution < -0.4 is 0 Å². The number of carboxylic acid groups (broad SMARTS) is 1. The molecule has 0 saturated carbocycles. The van der Waals surface area contributed by atoms with Gasteiger partial charge in [-0.25, -0.2) is 0 Å². The highest BCUT2D eigenvalue weighted by atomic mass is 16.5. The van der Waals surface area contributed by atoms with Crippen molar-refractivity contribution in [2.45, 2.75) is 96.5 Å². The van der Waals surface area contributed by atoms with Gasteiger partial charge in [-0.05, 0) is 32.1 Å². The molecule has 1 atom stereocenters. The first-order chi connectivity index (χ1) is 10.7. The summed E-state index contributed by atoms with van der Waals surface area (Å²) in [6, 6.07) is 0. The van der Waals surface area contributed by atoms with Crippen molar-refractivity contribution in [1.82, 2.24) is 0 Å². The topological polar surface area (TPSA) is 46.5 Å². The van der Waals surface area contributed by atoms with Crippen LogP contribution in [0.1, 0.15) is 90.4 Å². The third-order valence-corrected chi connectivity index (χ3v) is 4.04. The molecule has 0 aliphatic heterocycles. The first-order valence-corrected chi connectivity index (χ1v) is 9.10. The van der Waals surface area contributed by atoms with E-state index in [1.165, 1.54) is 44.9 Å². The molecule has 1 unspecified atom stereocenters. The van der Waals surface area contributed by atoms with Crippen LogP contribution in [0.4, 0.5) is 0 Å². The molecule has 3 heteroatoms. The van der Waals surface area contributed by atoms with Crippen molar-refractivity contribution in [2.24, 2.45) is 0 Å². The standard InChI is InChI=1S/C19H36O3/c1-3-4-5-12-15-18(22-2)16-13-10-8-6-7-9-11-14-17-19(20)21/h10,13,18H,3-9,11-12,14-17H2,1-2H3,(H,20,21). The first-order valence-electron chi connectivity index (χ1n) is 9.10. The second kappa shape index (κ2) is 16.5. The Balaban J connectivity index is 3.41. The molecular formula is C19H36O3. The van der Waals surface area contributed by atoms with Crippen molar-refractivity contribution < 1.29 is 14.6 Å². The van der Waals surface area contributed by atoms with Crippen LogP contribution in [0.5, 0.6) is 0 Å². The third-order valence-electron chi connectivity index (χ3n) is 4.04. The Morgan fingerprint density at radius 2 is 1.68 bits per heavy atom. The second-order valence-electron chi connectivity index (χ2n) is 6.11. The lowest BCUT2D eigenvalue weighted by molar-refractivity contribution is -0.137. The van der Waals surface area contributed by atoms with E-state index in [4.69, 9.17) is 9.84 Å². The number of carbonyl (C=O) groups is 1. The predicted molar refractivity (Wildman–Crippen MR) is 93.3 cm³/mol. The van der Waals surface area contributed by atoms with E-state index in [9.17, 15) is 4.79 Å². The maximum atomic E-state index is 10.4. The number of allylic oxidation sites excluding steroid dienone is 1. The SMILES string of the molecule is CCCCCCC(CC=CCCCCCCCC(=O)O)OC. The number of hydrogen-bond donors (Lipinski definition) is 1. The summed E-state index contributed by atoms with van der Waals surface area (Å²) in [5, 5.41) is 8.54. The van der Waals surface area contributed by atoms with Crippen molar-refractivity contribution in [3.05, 3.63) is 12.2 Å². The summed E-state index contributed by atoms with van der Waals surface area (Å²) in [5.41, 5.74) is 0. The average Bonchev–Trinajstić information content (AvgIpc) is 2.50. The zero-order valence-corrected chi connectivity index (χ0v) is 14.7. The highest BCUT2D eigenvalue weighted by Crippen LogP contribution is 2.12. The monoisotopic (exact) mass is 312 g/mol. The van der Waals surface area contributed by atoms with Crippen LogP contribution in [0.25, 0.3) is 0 Å². The lowest BCUT2D eigenvalue weighted by Gasteiger charge is -2.12. The van der Waals surface area contributed by atoms with Gasteiger partial charge >= 0.3 is 5.97 Å². The molecule has 0 aliphatic rings. The number of methoxy groups -OCH3 is 1. The van der Waals surface area contributed by atoms with Gasteiger partial charge in [0.2, 0.25) is 0 Å². The van der Waals surface area contributed by atoms with Gasteiger partial charge < -0.3 is 9.84 Å². The minimum Gasteiger partial charge on any atom is -0.481 e. The number of ether oxygens (including phenoxy) is 1. The predicted octanol–water partition coefficient (Wildman–Crippen LogP) is 5.73. The van der Waals surface area contributed by atoms with E-state index >= 15 is 0 Å². The second-order valence-corrected chi connectivity index (χ2v) is 6.11. The van der Waals surface area contributed by atoms with E-state index in [1.54, 1.807) is 0 Å². The Hall–Kier alpha value is -0.830. The van der Waals surface area contributed by atoms with Crippen LogP contribution in [-0.2, 0) is 9.53 Å². The molecule has 0 aromatic heterocycles. The number of rotatable bonds is 16. The largest absolute Gasteiger partial charge is 0.481 e. The van der Waals surface area contributed by atoms with E-state index in [0.29, 0.717) is 12.5 Å². The molecule has 22 heavy (non-hydrogen) atoms. The smallest absolute Gasteiger partial charge is 0.303 e. The molecule has 0 aromatic rings. The number of aliphatic carboxylic acids is 1. The molecule has 0 radical (unpaired) electrons. The van der Waals surface area contributed by atoms with Gasteiger partial charge in [0, 0.05) is 13.5 Å². The summed E-state index contributed by atoms with van der Waals surface area (Å²) in [6.07, 6.45) is 19.2. The molecule has 0 rings (SSSR count). The summed E-state index contributed by atoms with van der Waals surface area (Å²) in [6.45, 7) is 2.24. The molecule has 0 spiro atoms. The van der Waals surface area contributed by atoms with Crippen molar-refractivity contribution in [3.8, 4) is 0 Å². The Morgan fingerprint density at radius 1 is 1.00 bits per heavy atom. The van der Waals surface area contributed by atoms with E-state index in [0.717, 1.165) is 32.1 Å². The van der Waals surface area contributed by atoms with E-state index < -0.39 is 5.97 Å². The minimum absolute atomic E-state index is 0.316. The highest BCUT2D eigenvalue weighted by molar-refractivity contribution is 5.66. The molecule has 0 saturated heterocycles. The molecule has 3 nitrogen and oxygen atoms in total. The maximum absolute atomic E-state index is 10.4. The van der Waals surface area contributed by atoms with Crippen LogP contribution >= 0.6 is 0 Å². The van der Waals surface area contributed by atoms with Gasteiger partial charge in [-0.2, -0.15) is 0 Å². The molecule has 0 heterocycles. The zero-order chi connectivity index (χ0) is 16.5.